The molecule has 2 aromatic rings. The third-order valence-electron chi connectivity index (χ3n) is 3.51. The number of carbonyl (C=O) groups excluding carboxylic acids is 2. The molecule has 0 aliphatic carbocycles. The van der Waals surface area contributed by atoms with Gasteiger partial charge in [-0.25, -0.2) is 4.99 Å². The van der Waals surface area contributed by atoms with Crippen LogP contribution in [0.2, 0.25) is 0 Å². The van der Waals surface area contributed by atoms with Gasteiger partial charge in [-0.2, -0.15) is 0 Å². The Kier molecular flexibility index (Phi) is 5.71. The maximum absolute atomic E-state index is 12.6. The minimum atomic E-state index is -1.04. The first-order valence-electron chi connectivity index (χ1n) is 6.86. The second kappa shape index (κ2) is 7.55. The van der Waals surface area contributed by atoms with Gasteiger partial charge in [-0.15, -0.1) is 0 Å². The molecule has 6 heteroatoms. The molecule has 0 N–H and O–H groups in total. The molecule has 0 aromatic heterocycles. The number of nitrogens with zero attached hydrogens (tertiary/aromatic N) is 2. The van der Waals surface area contributed by atoms with Gasteiger partial charge in [-0.05, 0) is 11.1 Å². The van der Waals surface area contributed by atoms with Crippen molar-refractivity contribution in [3.8, 4) is 0 Å². The zero-order valence-electron chi connectivity index (χ0n) is 12.7. The van der Waals surface area contributed by atoms with Crippen molar-refractivity contribution in [2.45, 2.75) is 12.5 Å². The van der Waals surface area contributed by atoms with Crippen LogP contribution in [-0.4, -0.2) is 22.7 Å². The third kappa shape index (κ3) is 3.69. The summed E-state index contributed by atoms with van der Waals surface area (Å²) in [4.78, 5) is 29.1. The van der Waals surface area contributed by atoms with Gasteiger partial charge in [0.15, 0.2) is 0 Å². The van der Waals surface area contributed by atoms with Crippen molar-refractivity contribution in [2.75, 3.05) is 0 Å². The molecular formula is C17H13N2NaO3. The number of benzene rings is 2. The van der Waals surface area contributed by atoms with Crippen molar-refractivity contribution < 1.29 is 44.3 Å². The monoisotopic (exact) mass is 316 g/mol. The fraction of sp³-hybridized carbons (Fsp3) is 0.118. The number of amides is 2. The standard InChI is InChI=1S/C17H14N2O3.Na/c20-15-14(13-9-5-2-6-10-13)16(21)19(17(22)18-15)11-12-7-3-1-4-8-12;/h1-10,14H,11H2,(H,18,20,22);/q;+1/p-1. The van der Waals surface area contributed by atoms with Gasteiger partial charge in [0.25, 0.3) is 5.91 Å². The summed E-state index contributed by atoms with van der Waals surface area (Å²) >= 11 is 0. The average molecular weight is 316 g/mol. The summed E-state index contributed by atoms with van der Waals surface area (Å²) in [6, 6.07) is 17.0. The Morgan fingerprint density at radius 2 is 1.52 bits per heavy atom. The SMILES string of the molecule is O=C1N=C([O-])N(Cc2ccccc2)C(=O)C1c1ccccc1.[Na+]. The molecule has 2 aromatic carbocycles. The van der Waals surface area contributed by atoms with E-state index >= 15 is 0 Å². The van der Waals surface area contributed by atoms with Crippen molar-refractivity contribution in [1.82, 2.24) is 4.90 Å². The fourth-order valence-electron chi connectivity index (χ4n) is 2.42. The van der Waals surface area contributed by atoms with Gasteiger partial charge in [0.2, 0.25) is 5.91 Å². The molecule has 3 rings (SSSR count). The predicted molar refractivity (Wildman–Crippen MR) is 78.6 cm³/mol. The Bertz CT molecular complexity index is 732. The van der Waals surface area contributed by atoms with Crippen LogP contribution in [0.25, 0.3) is 0 Å². The maximum atomic E-state index is 12.6. The van der Waals surface area contributed by atoms with E-state index in [1.807, 2.05) is 30.3 Å². The molecule has 1 atom stereocenters. The van der Waals surface area contributed by atoms with Crippen molar-refractivity contribution >= 4 is 17.8 Å². The van der Waals surface area contributed by atoms with Crippen LogP contribution in [0.5, 0.6) is 0 Å². The summed E-state index contributed by atoms with van der Waals surface area (Å²) in [6.07, 6.45) is 0. The van der Waals surface area contributed by atoms with Gasteiger partial charge < -0.3 is 10.0 Å². The first-order chi connectivity index (χ1) is 10.7. The molecule has 0 saturated heterocycles. The zero-order valence-corrected chi connectivity index (χ0v) is 14.7. The van der Waals surface area contributed by atoms with E-state index in [9.17, 15) is 14.7 Å². The molecule has 1 aliphatic rings. The van der Waals surface area contributed by atoms with E-state index in [0.717, 1.165) is 10.5 Å². The number of aliphatic imine (C=N–C) groups is 1. The van der Waals surface area contributed by atoms with Gasteiger partial charge in [-0.1, -0.05) is 60.7 Å². The predicted octanol–water partition coefficient (Wildman–Crippen LogP) is -1.94. The first kappa shape index (κ1) is 17.4. The fourth-order valence-corrected chi connectivity index (χ4v) is 2.42. The smallest absolute Gasteiger partial charge is 0.846 e. The number of hydrogen-bond acceptors (Lipinski definition) is 3. The third-order valence-corrected chi connectivity index (χ3v) is 3.51. The maximum Gasteiger partial charge on any atom is 1.00 e. The molecule has 1 aliphatic heterocycles. The number of rotatable bonds is 3. The minimum Gasteiger partial charge on any atom is -0.846 e. The Balaban J connectivity index is 0.00000192. The molecule has 23 heavy (non-hydrogen) atoms. The Morgan fingerprint density at radius 3 is 2.13 bits per heavy atom. The molecule has 0 spiro atoms. The molecule has 5 nitrogen and oxygen atoms in total. The van der Waals surface area contributed by atoms with Crippen LogP contribution in [-0.2, 0) is 16.1 Å². The quantitative estimate of drug-likeness (QED) is 0.488. The summed E-state index contributed by atoms with van der Waals surface area (Å²) < 4.78 is 0. The average Bonchev–Trinajstić information content (AvgIpc) is 2.53. The molecule has 110 valence electrons. The summed E-state index contributed by atoms with van der Waals surface area (Å²) in [7, 11) is 0. The Morgan fingerprint density at radius 1 is 0.957 bits per heavy atom. The summed E-state index contributed by atoms with van der Waals surface area (Å²) in [5, 5.41) is 11.9. The minimum absolute atomic E-state index is 0. The van der Waals surface area contributed by atoms with E-state index in [0.29, 0.717) is 5.56 Å². The van der Waals surface area contributed by atoms with E-state index in [1.165, 1.54) is 0 Å². The van der Waals surface area contributed by atoms with Gasteiger partial charge in [0.1, 0.15) is 5.92 Å². The van der Waals surface area contributed by atoms with E-state index in [4.69, 9.17) is 0 Å². The van der Waals surface area contributed by atoms with Gasteiger partial charge >= 0.3 is 29.6 Å². The second-order valence-corrected chi connectivity index (χ2v) is 4.99. The molecule has 2 amide bonds. The number of hydrogen-bond donors (Lipinski definition) is 0. The zero-order chi connectivity index (χ0) is 15.5. The van der Waals surface area contributed by atoms with Crippen molar-refractivity contribution in [3.63, 3.8) is 0 Å². The van der Waals surface area contributed by atoms with Crippen molar-refractivity contribution in [1.29, 1.82) is 0 Å². The van der Waals surface area contributed by atoms with Crippen molar-refractivity contribution in [2.24, 2.45) is 4.99 Å². The summed E-state index contributed by atoms with van der Waals surface area (Å²) in [5.41, 5.74) is 1.35. The van der Waals surface area contributed by atoms with E-state index in [-0.39, 0.29) is 36.1 Å². The van der Waals surface area contributed by atoms with E-state index < -0.39 is 23.8 Å². The van der Waals surface area contributed by atoms with Crippen LogP contribution in [0.1, 0.15) is 17.0 Å². The Labute approximate surface area is 155 Å². The number of amidine groups is 1. The van der Waals surface area contributed by atoms with Crippen LogP contribution < -0.4 is 34.7 Å². The van der Waals surface area contributed by atoms with E-state index in [1.54, 1.807) is 30.3 Å². The Hall–Kier alpha value is -1.95. The molecule has 1 heterocycles. The van der Waals surface area contributed by atoms with Crippen LogP contribution in [0.15, 0.2) is 65.7 Å². The molecule has 1 unspecified atom stereocenters. The second-order valence-electron chi connectivity index (χ2n) is 4.99. The van der Waals surface area contributed by atoms with Gasteiger partial charge in [0, 0.05) is 0 Å². The largest absolute Gasteiger partial charge is 1.00 e. The summed E-state index contributed by atoms with van der Waals surface area (Å²) in [5.74, 6) is -2.27. The van der Waals surface area contributed by atoms with Gasteiger partial charge in [-0.3, -0.25) is 9.59 Å². The normalized spacial score (nSPS) is 17.5. The van der Waals surface area contributed by atoms with Gasteiger partial charge in [0.05, 0.1) is 12.6 Å². The molecule has 0 saturated carbocycles. The van der Waals surface area contributed by atoms with Crippen LogP contribution >= 0.6 is 0 Å². The van der Waals surface area contributed by atoms with Crippen LogP contribution in [0.3, 0.4) is 0 Å². The van der Waals surface area contributed by atoms with Crippen LogP contribution in [0.4, 0.5) is 0 Å². The summed E-state index contributed by atoms with van der Waals surface area (Å²) in [6.45, 7) is 0.110. The molecule has 0 bridgehead atoms. The molecule has 0 radical (unpaired) electrons. The van der Waals surface area contributed by atoms with Crippen molar-refractivity contribution in [3.05, 3.63) is 71.8 Å². The number of carbonyl (C=O) groups is 2. The molecular weight excluding hydrogens is 303 g/mol. The van der Waals surface area contributed by atoms with E-state index in [2.05, 4.69) is 4.99 Å². The van der Waals surface area contributed by atoms with Crippen LogP contribution in [0, 0.1) is 0 Å². The molecule has 0 fully saturated rings. The first-order valence-corrected chi connectivity index (χ1v) is 6.86. The topological polar surface area (TPSA) is 72.8 Å².